The molecule has 0 fully saturated rings. The monoisotopic (exact) mass is 385 g/mol. The van der Waals surface area contributed by atoms with Crippen molar-refractivity contribution in [2.75, 3.05) is 0 Å². The zero-order valence-corrected chi connectivity index (χ0v) is 10.2. The summed E-state index contributed by atoms with van der Waals surface area (Å²) in [6.07, 6.45) is -10.2. The van der Waals surface area contributed by atoms with Crippen LogP contribution in [-0.4, -0.2) is 17.6 Å². The first kappa shape index (κ1) is 15.0. The molecule has 0 aliphatic rings. The molecule has 0 saturated heterocycles. The standard InChI is InChI=1S/C8H2F6INO2/c9-7(10,11)5-1-4(18-8(12,13)14)3(2-17)6(15)16-5/h1-2H. The van der Waals surface area contributed by atoms with Crippen LogP contribution in [0.25, 0.3) is 0 Å². The minimum atomic E-state index is -5.20. The van der Waals surface area contributed by atoms with E-state index in [9.17, 15) is 31.1 Å². The number of halogens is 7. The number of hydrogen-bond acceptors (Lipinski definition) is 3. The van der Waals surface area contributed by atoms with Gasteiger partial charge in [-0.1, -0.05) is 0 Å². The lowest BCUT2D eigenvalue weighted by molar-refractivity contribution is -0.274. The highest BCUT2D eigenvalue weighted by atomic mass is 127. The maximum absolute atomic E-state index is 12.3. The van der Waals surface area contributed by atoms with Crippen LogP contribution < -0.4 is 4.74 Å². The van der Waals surface area contributed by atoms with Gasteiger partial charge in [0.1, 0.15) is 15.1 Å². The molecule has 1 aromatic rings. The van der Waals surface area contributed by atoms with Crippen LogP contribution in [0.2, 0.25) is 0 Å². The van der Waals surface area contributed by atoms with Crippen LogP contribution in [0, 0.1) is 3.70 Å². The summed E-state index contributed by atoms with van der Waals surface area (Å²) in [6.45, 7) is 0. The second kappa shape index (κ2) is 4.90. The van der Waals surface area contributed by atoms with Gasteiger partial charge in [-0.3, -0.25) is 4.79 Å². The van der Waals surface area contributed by atoms with Crippen molar-refractivity contribution in [3.8, 4) is 5.75 Å². The third-order valence-electron chi connectivity index (χ3n) is 1.61. The molecule has 3 nitrogen and oxygen atoms in total. The Hall–Kier alpha value is -1.07. The van der Waals surface area contributed by atoms with Crippen molar-refractivity contribution in [2.45, 2.75) is 12.5 Å². The largest absolute Gasteiger partial charge is 0.573 e. The van der Waals surface area contributed by atoms with Crippen molar-refractivity contribution in [3.05, 3.63) is 21.0 Å². The molecular weight excluding hydrogens is 383 g/mol. The number of ether oxygens (including phenoxy) is 1. The molecule has 1 aromatic heterocycles. The number of rotatable bonds is 2. The maximum atomic E-state index is 12.3. The van der Waals surface area contributed by atoms with E-state index < -0.39 is 33.2 Å². The number of alkyl halides is 6. The summed E-state index contributed by atoms with van der Waals surface area (Å²) in [5.41, 5.74) is -2.27. The number of aromatic nitrogens is 1. The molecule has 0 aliphatic carbocycles. The zero-order chi connectivity index (χ0) is 14.1. The van der Waals surface area contributed by atoms with Crippen LogP contribution >= 0.6 is 22.6 Å². The van der Waals surface area contributed by atoms with E-state index >= 15 is 0 Å². The Labute approximate surface area is 109 Å². The molecule has 1 heterocycles. The van der Waals surface area contributed by atoms with Crippen molar-refractivity contribution in [2.24, 2.45) is 0 Å². The molecule has 0 bridgehead atoms. The fourth-order valence-corrected chi connectivity index (χ4v) is 1.62. The number of aldehydes is 1. The molecule has 0 radical (unpaired) electrons. The summed E-state index contributed by atoms with van der Waals surface area (Å²) in [5, 5.41) is 0. The highest BCUT2D eigenvalue weighted by Gasteiger charge is 2.37. The fraction of sp³-hybridized carbons (Fsp3) is 0.250. The first-order valence-corrected chi connectivity index (χ1v) is 5.11. The molecule has 18 heavy (non-hydrogen) atoms. The first-order chi connectivity index (χ1) is 8.04. The number of carbonyl (C=O) groups is 1. The van der Waals surface area contributed by atoms with Gasteiger partial charge >= 0.3 is 12.5 Å². The number of carbonyl (C=O) groups excluding carboxylic acids is 1. The summed E-state index contributed by atoms with van der Waals surface area (Å²) >= 11 is 1.21. The SMILES string of the molecule is O=Cc1c(OC(F)(F)F)cc(C(F)(F)F)nc1I. The van der Waals surface area contributed by atoms with Crippen molar-refractivity contribution < 1.29 is 35.9 Å². The summed E-state index contributed by atoms with van der Waals surface area (Å²) in [7, 11) is 0. The topological polar surface area (TPSA) is 39.2 Å². The van der Waals surface area contributed by atoms with E-state index in [1.54, 1.807) is 0 Å². The minimum absolute atomic E-state index is 0.0272. The van der Waals surface area contributed by atoms with Crippen molar-refractivity contribution in [1.82, 2.24) is 4.98 Å². The molecule has 100 valence electrons. The minimum Gasteiger partial charge on any atom is -0.405 e. The highest BCUT2D eigenvalue weighted by Crippen LogP contribution is 2.34. The normalized spacial score (nSPS) is 12.4. The highest BCUT2D eigenvalue weighted by molar-refractivity contribution is 14.1. The van der Waals surface area contributed by atoms with Crippen LogP contribution in [0.5, 0.6) is 5.75 Å². The molecule has 0 N–H and O–H groups in total. The fourth-order valence-electron chi connectivity index (χ4n) is 0.963. The molecule has 10 heteroatoms. The smallest absolute Gasteiger partial charge is 0.405 e. The lowest BCUT2D eigenvalue weighted by Crippen LogP contribution is -2.20. The molecule has 0 unspecified atom stereocenters. The lowest BCUT2D eigenvalue weighted by Gasteiger charge is -2.14. The number of nitrogens with zero attached hydrogens (tertiary/aromatic N) is 1. The maximum Gasteiger partial charge on any atom is 0.573 e. The van der Waals surface area contributed by atoms with Crippen LogP contribution in [0.4, 0.5) is 26.3 Å². The lowest BCUT2D eigenvalue weighted by atomic mass is 10.2. The van der Waals surface area contributed by atoms with Crippen molar-refractivity contribution in [3.63, 3.8) is 0 Å². The Balaban J connectivity index is 3.37. The van der Waals surface area contributed by atoms with Gasteiger partial charge in [0.15, 0.2) is 6.29 Å². The van der Waals surface area contributed by atoms with Crippen molar-refractivity contribution in [1.29, 1.82) is 0 Å². The first-order valence-electron chi connectivity index (χ1n) is 4.03. The van der Waals surface area contributed by atoms with Gasteiger partial charge in [-0.05, 0) is 22.6 Å². The second-order valence-electron chi connectivity index (χ2n) is 2.87. The summed E-state index contributed by atoms with van der Waals surface area (Å²) in [4.78, 5) is 13.5. The molecule has 0 atom stereocenters. The predicted molar refractivity (Wildman–Crippen MR) is 54.0 cm³/mol. The Kier molecular flexibility index (Phi) is 4.08. The Morgan fingerprint density at radius 3 is 2.17 bits per heavy atom. The zero-order valence-electron chi connectivity index (χ0n) is 8.06. The van der Waals surface area contributed by atoms with Crippen molar-refractivity contribution >= 4 is 28.9 Å². The summed E-state index contributed by atoms with van der Waals surface area (Å²) < 4.78 is 75.7. The van der Waals surface area contributed by atoms with E-state index in [4.69, 9.17) is 0 Å². The third kappa shape index (κ3) is 3.71. The van der Waals surface area contributed by atoms with Gasteiger partial charge in [0.25, 0.3) is 0 Å². The van der Waals surface area contributed by atoms with E-state index in [0.717, 1.165) is 0 Å². The van der Waals surface area contributed by atoms with Gasteiger partial charge in [-0.2, -0.15) is 13.2 Å². The van der Waals surface area contributed by atoms with Crippen LogP contribution in [0.1, 0.15) is 16.1 Å². The van der Waals surface area contributed by atoms with Gasteiger partial charge in [-0.25, -0.2) is 4.98 Å². The van der Waals surface area contributed by atoms with Gasteiger partial charge in [0.2, 0.25) is 0 Å². The van der Waals surface area contributed by atoms with Crippen LogP contribution in [0.15, 0.2) is 6.07 Å². The van der Waals surface area contributed by atoms with Gasteiger partial charge in [0, 0.05) is 6.07 Å². The number of pyridine rings is 1. The molecule has 1 rings (SSSR count). The molecular formula is C8H2F6INO2. The predicted octanol–water partition coefficient (Wildman–Crippen LogP) is 3.42. The molecule has 0 aliphatic heterocycles. The molecule has 0 aromatic carbocycles. The van der Waals surface area contributed by atoms with E-state index in [2.05, 4.69) is 9.72 Å². The average Bonchev–Trinajstić information content (AvgIpc) is 2.13. The quantitative estimate of drug-likeness (QED) is 0.339. The Morgan fingerprint density at radius 1 is 1.22 bits per heavy atom. The Morgan fingerprint density at radius 2 is 1.78 bits per heavy atom. The molecule has 0 saturated carbocycles. The molecule has 0 spiro atoms. The van der Waals surface area contributed by atoms with Gasteiger partial charge in [0.05, 0.1) is 5.56 Å². The van der Waals surface area contributed by atoms with Gasteiger partial charge < -0.3 is 4.74 Å². The average molecular weight is 385 g/mol. The second-order valence-corrected chi connectivity index (χ2v) is 3.90. The molecule has 0 amide bonds. The van der Waals surface area contributed by atoms with E-state index in [0.29, 0.717) is 0 Å². The van der Waals surface area contributed by atoms with Crippen LogP contribution in [0.3, 0.4) is 0 Å². The van der Waals surface area contributed by atoms with Gasteiger partial charge in [-0.15, -0.1) is 13.2 Å². The van der Waals surface area contributed by atoms with Crippen LogP contribution in [-0.2, 0) is 6.18 Å². The summed E-state index contributed by atoms with van der Waals surface area (Å²) in [6, 6.07) is 0.0272. The summed E-state index contributed by atoms with van der Waals surface area (Å²) in [5.74, 6) is -1.23. The van der Waals surface area contributed by atoms with E-state index in [-0.39, 0.29) is 12.4 Å². The van der Waals surface area contributed by atoms with E-state index in [1.807, 2.05) is 0 Å². The number of hydrogen-bond donors (Lipinski definition) is 0. The van der Waals surface area contributed by atoms with E-state index in [1.165, 1.54) is 22.6 Å². The Bertz CT molecular complexity index is 470. The third-order valence-corrected chi connectivity index (χ3v) is 2.43.